The van der Waals surface area contributed by atoms with Crippen molar-refractivity contribution in [2.75, 3.05) is 5.32 Å². The second-order valence-electron chi connectivity index (χ2n) is 3.23. The summed E-state index contributed by atoms with van der Waals surface area (Å²) in [6, 6.07) is 17.3. The van der Waals surface area contributed by atoms with Crippen molar-refractivity contribution in [1.29, 1.82) is 0 Å². The lowest BCUT2D eigenvalue weighted by Crippen LogP contribution is -2.00. The first kappa shape index (κ1) is 11.9. The molecule has 1 N–H and O–H groups in total. The average molecular weight is 248 g/mol. The molecule has 88 valence electrons. The van der Waals surface area contributed by atoms with Gasteiger partial charge in [0.15, 0.2) is 0 Å². The van der Waals surface area contributed by atoms with E-state index in [1.165, 1.54) is 0 Å². The second kappa shape index (κ2) is 6.27. The SMILES string of the molecule is [O-]OOSc1ccc(Nc2ccccc2)cc1. The Hall–Kier alpha value is -1.53. The molecule has 0 saturated heterocycles. The van der Waals surface area contributed by atoms with Gasteiger partial charge in [-0.25, -0.2) is 0 Å². The van der Waals surface area contributed by atoms with E-state index in [2.05, 4.69) is 14.7 Å². The Bertz CT molecular complexity index is 447. The summed E-state index contributed by atoms with van der Waals surface area (Å²) in [5, 5.41) is 16.2. The highest BCUT2D eigenvalue weighted by atomic mass is 32.2. The molecule has 0 aliphatic heterocycles. The lowest BCUT2D eigenvalue weighted by Gasteiger charge is -2.07. The zero-order valence-corrected chi connectivity index (χ0v) is 9.65. The molecule has 0 atom stereocenters. The van der Waals surface area contributed by atoms with Crippen molar-refractivity contribution >= 4 is 23.4 Å². The van der Waals surface area contributed by atoms with Gasteiger partial charge >= 0.3 is 0 Å². The lowest BCUT2D eigenvalue weighted by atomic mass is 10.3. The van der Waals surface area contributed by atoms with Gasteiger partial charge in [-0.05, 0) is 36.4 Å². The van der Waals surface area contributed by atoms with Crippen LogP contribution >= 0.6 is 12.0 Å². The number of para-hydroxylation sites is 1. The summed E-state index contributed by atoms with van der Waals surface area (Å²) in [7, 11) is 0. The molecule has 0 aromatic heterocycles. The van der Waals surface area contributed by atoms with Crippen LogP contribution in [-0.2, 0) is 9.37 Å². The Kier molecular flexibility index (Phi) is 4.40. The summed E-state index contributed by atoms with van der Waals surface area (Å²) in [6.07, 6.45) is 0. The molecule has 0 unspecified atom stereocenters. The lowest BCUT2D eigenvalue weighted by molar-refractivity contribution is -0.777. The molecule has 0 aliphatic carbocycles. The van der Waals surface area contributed by atoms with Gasteiger partial charge in [-0.1, -0.05) is 18.2 Å². The first-order valence-corrected chi connectivity index (χ1v) is 5.68. The highest BCUT2D eigenvalue weighted by Gasteiger charge is 1.96. The molecule has 2 rings (SSSR count). The normalized spacial score (nSPS) is 10.2. The molecule has 0 heterocycles. The predicted octanol–water partition coefficient (Wildman–Crippen LogP) is 2.66. The van der Waals surface area contributed by atoms with E-state index in [1.54, 1.807) is 0 Å². The van der Waals surface area contributed by atoms with E-state index in [9.17, 15) is 5.26 Å². The largest absolute Gasteiger partial charge is 0.691 e. The van der Waals surface area contributed by atoms with Gasteiger partial charge in [0.2, 0.25) is 0 Å². The fourth-order valence-corrected chi connectivity index (χ4v) is 1.69. The first-order chi connectivity index (χ1) is 8.38. The van der Waals surface area contributed by atoms with Crippen molar-refractivity contribution in [3.05, 3.63) is 54.6 Å². The van der Waals surface area contributed by atoms with E-state index >= 15 is 0 Å². The number of hydrogen-bond acceptors (Lipinski definition) is 5. The Labute approximate surface area is 103 Å². The molecule has 2 aromatic carbocycles. The highest BCUT2D eigenvalue weighted by Crippen LogP contribution is 2.22. The molecule has 0 radical (unpaired) electrons. The van der Waals surface area contributed by atoms with Crippen LogP contribution in [0.3, 0.4) is 0 Å². The number of nitrogens with one attached hydrogen (secondary N) is 1. The van der Waals surface area contributed by atoms with Crippen LogP contribution in [0.15, 0.2) is 59.5 Å². The van der Waals surface area contributed by atoms with E-state index < -0.39 is 0 Å². The van der Waals surface area contributed by atoms with Gasteiger partial charge in [0.1, 0.15) is 0 Å². The maximum atomic E-state index is 9.66. The molecule has 0 amide bonds. The van der Waals surface area contributed by atoms with Crippen LogP contribution in [0.1, 0.15) is 0 Å². The number of benzene rings is 2. The second-order valence-corrected chi connectivity index (χ2v) is 4.01. The first-order valence-electron chi connectivity index (χ1n) is 4.94. The van der Waals surface area contributed by atoms with Gasteiger partial charge in [0.25, 0.3) is 0 Å². The Morgan fingerprint density at radius 3 is 2.18 bits per heavy atom. The van der Waals surface area contributed by atoms with Crippen molar-refractivity contribution in [2.24, 2.45) is 0 Å². The van der Waals surface area contributed by atoms with Crippen LogP contribution in [0, 0.1) is 0 Å². The van der Waals surface area contributed by atoms with Crippen LogP contribution < -0.4 is 10.6 Å². The molecule has 0 spiro atoms. The summed E-state index contributed by atoms with van der Waals surface area (Å²) < 4.78 is 4.22. The topological polar surface area (TPSA) is 53.5 Å². The van der Waals surface area contributed by atoms with Gasteiger partial charge in [-0.3, -0.25) is 5.04 Å². The molecule has 2 aromatic rings. The van der Waals surface area contributed by atoms with E-state index in [4.69, 9.17) is 0 Å². The molecule has 5 heteroatoms. The maximum Gasteiger partial charge on any atom is 0.0674 e. The standard InChI is InChI=1S/C12H11NO3S/c14-15-16-17-12-8-6-11(7-9-12)13-10-4-2-1-3-5-10/h1-9,13-14H/p-1. The minimum atomic E-state index is 0.791. The average Bonchev–Trinajstić information content (AvgIpc) is 2.39. The fourth-order valence-electron chi connectivity index (χ4n) is 1.34. The summed E-state index contributed by atoms with van der Waals surface area (Å²) in [4.78, 5) is 0.791. The third-order valence-corrected chi connectivity index (χ3v) is 2.66. The van der Waals surface area contributed by atoms with E-state index in [0.717, 1.165) is 28.3 Å². The quantitative estimate of drug-likeness (QED) is 0.501. The molecule has 4 nitrogen and oxygen atoms in total. The zero-order valence-electron chi connectivity index (χ0n) is 8.83. The van der Waals surface area contributed by atoms with Gasteiger partial charge in [0.05, 0.1) is 12.0 Å². The minimum Gasteiger partial charge on any atom is -0.691 e. The summed E-state index contributed by atoms with van der Waals surface area (Å²) in [5.41, 5.74) is 1.98. The predicted molar refractivity (Wildman–Crippen MR) is 64.2 cm³/mol. The fraction of sp³-hybridized carbons (Fsp3) is 0. The van der Waals surface area contributed by atoms with E-state index in [-0.39, 0.29) is 0 Å². The summed E-state index contributed by atoms with van der Waals surface area (Å²) >= 11 is 0.873. The van der Waals surface area contributed by atoms with Crippen LogP contribution in [0.4, 0.5) is 11.4 Å². The molecule has 0 bridgehead atoms. The molecular formula is C12H10NO3S-. The summed E-state index contributed by atoms with van der Waals surface area (Å²) in [5.74, 6) is 0. The molecule has 0 saturated carbocycles. The molecule has 0 aliphatic rings. The van der Waals surface area contributed by atoms with Gasteiger partial charge in [-0.2, -0.15) is 4.33 Å². The van der Waals surface area contributed by atoms with Gasteiger partial charge in [0, 0.05) is 16.3 Å². The third kappa shape index (κ3) is 3.76. The third-order valence-electron chi connectivity index (χ3n) is 2.07. The molecule has 17 heavy (non-hydrogen) atoms. The molecule has 0 fully saturated rings. The van der Waals surface area contributed by atoms with E-state index in [0.29, 0.717) is 0 Å². The van der Waals surface area contributed by atoms with Crippen molar-refractivity contribution in [2.45, 2.75) is 4.90 Å². The van der Waals surface area contributed by atoms with Crippen molar-refractivity contribution in [1.82, 2.24) is 0 Å². The number of rotatable bonds is 5. The number of hydrogen-bond donors (Lipinski definition) is 1. The van der Waals surface area contributed by atoms with E-state index in [1.807, 2.05) is 54.6 Å². The summed E-state index contributed by atoms with van der Waals surface area (Å²) in [6.45, 7) is 0. The van der Waals surface area contributed by atoms with Crippen molar-refractivity contribution < 1.29 is 14.6 Å². The monoisotopic (exact) mass is 248 g/mol. The Morgan fingerprint density at radius 1 is 0.882 bits per heavy atom. The molecular weight excluding hydrogens is 238 g/mol. The Morgan fingerprint density at radius 2 is 1.53 bits per heavy atom. The van der Waals surface area contributed by atoms with Crippen LogP contribution in [0.2, 0.25) is 0 Å². The maximum absolute atomic E-state index is 9.66. The van der Waals surface area contributed by atoms with Crippen molar-refractivity contribution in [3.63, 3.8) is 0 Å². The minimum absolute atomic E-state index is 0.791. The zero-order chi connectivity index (χ0) is 11.9. The van der Waals surface area contributed by atoms with Crippen molar-refractivity contribution in [3.8, 4) is 0 Å². The van der Waals surface area contributed by atoms with Crippen LogP contribution in [0.5, 0.6) is 0 Å². The number of anilines is 2. The van der Waals surface area contributed by atoms with Crippen LogP contribution in [-0.4, -0.2) is 0 Å². The Balaban J connectivity index is 1.98. The van der Waals surface area contributed by atoms with Crippen LogP contribution in [0.25, 0.3) is 0 Å². The van der Waals surface area contributed by atoms with Gasteiger partial charge in [-0.15, -0.1) is 0 Å². The highest BCUT2D eigenvalue weighted by molar-refractivity contribution is 7.94. The van der Waals surface area contributed by atoms with Gasteiger partial charge < -0.3 is 10.6 Å². The smallest absolute Gasteiger partial charge is 0.0674 e.